The molecule has 1 saturated heterocycles. The van der Waals surface area contributed by atoms with Crippen molar-refractivity contribution in [3.05, 3.63) is 0 Å². The molecular formula is C12H23NO3. The quantitative estimate of drug-likeness (QED) is 0.732. The lowest BCUT2D eigenvalue weighted by atomic mass is 9.94. The number of carbonyl (C=O) groups is 1. The van der Waals surface area contributed by atoms with Gasteiger partial charge in [0.1, 0.15) is 0 Å². The van der Waals surface area contributed by atoms with Gasteiger partial charge in [-0.15, -0.1) is 0 Å². The molecule has 0 aromatic heterocycles. The highest BCUT2D eigenvalue weighted by atomic mass is 16.5. The molecule has 94 valence electrons. The van der Waals surface area contributed by atoms with E-state index in [1.165, 1.54) is 0 Å². The number of hydrogen-bond acceptors (Lipinski definition) is 3. The van der Waals surface area contributed by atoms with Crippen LogP contribution < -0.4 is 0 Å². The summed E-state index contributed by atoms with van der Waals surface area (Å²) in [5.41, 5.74) is -0.339. The fourth-order valence-corrected chi connectivity index (χ4v) is 2.07. The molecule has 4 nitrogen and oxygen atoms in total. The second-order valence-corrected chi connectivity index (χ2v) is 5.41. The third kappa shape index (κ3) is 2.95. The smallest absolute Gasteiger partial charge is 0.228 e. The molecule has 0 N–H and O–H groups in total. The largest absolute Gasteiger partial charge is 0.383 e. The molecule has 0 unspecified atom stereocenters. The molecule has 0 saturated carbocycles. The van der Waals surface area contributed by atoms with Crippen molar-refractivity contribution < 1.29 is 14.3 Å². The lowest BCUT2D eigenvalue weighted by Crippen LogP contribution is -2.44. The summed E-state index contributed by atoms with van der Waals surface area (Å²) in [7, 11) is 3.36. The number of methoxy groups -OCH3 is 2. The third-order valence-electron chi connectivity index (χ3n) is 2.97. The van der Waals surface area contributed by atoms with E-state index in [-0.39, 0.29) is 23.5 Å². The van der Waals surface area contributed by atoms with E-state index in [9.17, 15) is 4.79 Å². The maximum absolute atomic E-state index is 12.2. The van der Waals surface area contributed by atoms with E-state index < -0.39 is 0 Å². The van der Waals surface area contributed by atoms with Crippen molar-refractivity contribution in [1.82, 2.24) is 4.90 Å². The van der Waals surface area contributed by atoms with Gasteiger partial charge in [0.15, 0.2) is 0 Å². The summed E-state index contributed by atoms with van der Waals surface area (Å²) in [6.07, 6.45) is 1.01. The molecule has 0 aromatic carbocycles. The molecule has 4 heteroatoms. The van der Waals surface area contributed by atoms with Gasteiger partial charge in [-0.25, -0.2) is 0 Å². The topological polar surface area (TPSA) is 38.8 Å². The number of likely N-dealkylation sites (tertiary alicyclic amines) is 1. The zero-order chi connectivity index (χ0) is 12.3. The Balaban J connectivity index is 2.72. The van der Waals surface area contributed by atoms with Gasteiger partial charge in [-0.05, 0) is 6.42 Å². The molecule has 1 amide bonds. The van der Waals surface area contributed by atoms with Crippen LogP contribution in [-0.2, 0) is 14.3 Å². The van der Waals surface area contributed by atoms with Crippen LogP contribution in [-0.4, -0.2) is 50.3 Å². The van der Waals surface area contributed by atoms with Crippen LogP contribution in [0.1, 0.15) is 27.2 Å². The van der Waals surface area contributed by atoms with Crippen LogP contribution in [0.4, 0.5) is 0 Å². The van der Waals surface area contributed by atoms with Gasteiger partial charge in [-0.3, -0.25) is 4.79 Å². The van der Waals surface area contributed by atoms with Crippen LogP contribution in [0.2, 0.25) is 0 Å². The van der Waals surface area contributed by atoms with Crippen LogP contribution in [0.15, 0.2) is 0 Å². The predicted octanol–water partition coefficient (Wildman–Crippen LogP) is 1.29. The van der Waals surface area contributed by atoms with Crippen LogP contribution in [0.25, 0.3) is 0 Å². The Kier molecular flexibility index (Phi) is 4.33. The van der Waals surface area contributed by atoms with Gasteiger partial charge < -0.3 is 14.4 Å². The SMILES string of the molecule is COC[C@@H]1C[C@@H](OC)CN1C(=O)C(C)(C)C. The van der Waals surface area contributed by atoms with E-state index in [1.807, 2.05) is 25.7 Å². The summed E-state index contributed by atoms with van der Waals surface area (Å²) in [4.78, 5) is 14.1. The maximum atomic E-state index is 12.2. The van der Waals surface area contributed by atoms with Crippen molar-refractivity contribution in [3.8, 4) is 0 Å². The van der Waals surface area contributed by atoms with E-state index in [2.05, 4.69) is 0 Å². The van der Waals surface area contributed by atoms with Crippen LogP contribution in [0.3, 0.4) is 0 Å². The van der Waals surface area contributed by atoms with E-state index in [0.717, 1.165) is 6.42 Å². The molecule has 1 aliphatic rings. The van der Waals surface area contributed by atoms with Gasteiger partial charge in [0, 0.05) is 26.2 Å². The zero-order valence-corrected chi connectivity index (χ0v) is 10.9. The van der Waals surface area contributed by atoms with Crippen molar-refractivity contribution in [2.24, 2.45) is 5.41 Å². The molecule has 1 heterocycles. The summed E-state index contributed by atoms with van der Waals surface area (Å²) in [6, 6.07) is 0.154. The van der Waals surface area contributed by atoms with Crippen molar-refractivity contribution in [2.45, 2.75) is 39.3 Å². The maximum Gasteiger partial charge on any atom is 0.228 e. The fraction of sp³-hybridized carbons (Fsp3) is 0.917. The van der Waals surface area contributed by atoms with E-state index in [1.54, 1.807) is 14.2 Å². The number of carbonyl (C=O) groups excluding carboxylic acids is 1. The monoisotopic (exact) mass is 229 g/mol. The Morgan fingerprint density at radius 2 is 2.00 bits per heavy atom. The number of ether oxygens (including phenoxy) is 2. The first kappa shape index (κ1) is 13.5. The number of nitrogens with zero attached hydrogens (tertiary/aromatic N) is 1. The highest BCUT2D eigenvalue weighted by molar-refractivity contribution is 5.82. The number of amides is 1. The minimum absolute atomic E-state index is 0.145. The molecule has 2 atom stereocenters. The average molecular weight is 229 g/mol. The first-order chi connectivity index (χ1) is 7.40. The van der Waals surface area contributed by atoms with Crippen LogP contribution >= 0.6 is 0 Å². The van der Waals surface area contributed by atoms with Crippen molar-refractivity contribution in [2.75, 3.05) is 27.4 Å². The van der Waals surface area contributed by atoms with Gasteiger partial charge in [0.05, 0.1) is 18.8 Å². The predicted molar refractivity (Wildman–Crippen MR) is 62.2 cm³/mol. The minimum Gasteiger partial charge on any atom is -0.383 e. The molecule has 0 aliphatic carbocycles. The van der Waals surface area contributed by atoms with Gasteiger partial charge in [-0.2, -0.15) is 0 Å². The summed E-state index contributed by atoms with van der Waals surface area (Å²) >= 11 is 0. The van der Waals surface area contributed by atoms with Gasteiger partial charge in [0.25, 0.3) is 0 Å². The Hall–Kier alpha value is -0.610. The molecule has 0 radical (unpaired) electrons. The summed E-state index contributed by atoms with van der Waals surface area (Å²) < 4.78 is 10.5. The Morgan fingerprint density at radius 1 is 1.38 bits per heavy atom. The minimum atomic E-state index is -0.339. The first-order valence-corrected chi connectivity index (χ1v) is 5.73. The highest BCUT2D eigenvalue weighted by Gasteiger charge is 2.39. The second kappa shape index (κ2) is 5.15. The number of hydrogen-bond donors (Lipinski definition) is 0. The third-order valence-corrected chi connectivity index (χ3v) is 2.97. The highest BCUT2D eigenvalue weighted by Crippen LogP contribution is 2.26. The average Bonchev–Trinajstić information content (AvgIpc) is 2.59. The molecule has 1 fully saturated rings. The first-order valence-electron chi connectivity index (χ1n) is 5.73. The molecule has 0 aromatic rings. The van der Waals surface area contributed by atoms with Crippen molar-refractivity contribution in [3.63, 3.8) is 0 Å². The Morgan fingerprint density at radius 3 is 2.44 bits per heavy atom. The second-order valence-electron chi connectivity index (χ2n) is 5.41. The lowest BCUT2D eigenvalue weighted by Gasteiger charge is -2.30. The Labute approximate surface area is 97.9 Å². The van der Waals surface area contributed by atoms with E-state index in [0.29, 0.717) is 13.2 Å². The summed E-state index contributed by atoms with van der Waals surface area (Å²) in [5.74, 6) is 0.175. The molecular weight excluding hydrogens is 206 g/mol. The summed E-state index contributed by atoms with van der Waals surface area (Å²) in [5, 5.41) is 0. The summed E-state index contributed by atoms with van der Waals surface area (Å²) in [6.45, 7) is 7.10. The van der Waals surface area contributed by atoms with E-state index in [4.69, 9.17) is 9.47 Å². The lowest BCUT2D eigenvalue weighted by molar-refractivity contribution is -0.141. The van der Waals surface area contributed by atoms with Crippen LogP contribution in [0, 0.1) is 5.41 Å². The Bertz CT molecular complexity index is 247. The van der Waals surface area contributed by atoms with Gasteiger partial charge in [-0.1, -0.05) is 20.8 Å². The van der Waals surface area contributed by atoms with E-state index >= 15 is 0 Å². The van der Waals surface area contributed by atoms with Crippen molar-refractivity contribution >= 4 is 5.91 Å². The molecule has 0 spiro atoms. The molecule has 1 aliphatic heterocycles. The normalized spacial score (nSPS) is 26.2. The molecule has 1 rings (SSSR count). The van der Waals surface area contributed by atoms with Gasteiger partial charge >= 0.3 is 0 Å². The van der Waals surface area contributed by atoms with Gasteiger partial charge in [0.2, 0.25) is 5.91 Å². The fourth-order valence-electron chi connectivity index (χ4n) is 2.07. The van der Waals surface area contributed by atoms with Crippen LogP contribution in [0.5, 0.6) is 0 Å². The zero-order valence-electron chi connectivity index (χ0n) is 10.9. The molecule has 16 heavy (non-hydrogen) atoms. The number of rotatable bonds is 3. The standard InChI is InChI=1S/C12H23NO3/c1-12(2,3)11(14)13-7-10(16-5)6-9(13)8-15-4/h9-10H,6-8H2,1-5H3/t9-,10+/m0/s1. The van der Waals surface area contributed by atoms with Crippen molar-refractivity contribution in [1.29, 1.82) is 0 Å². The molecule has 0 bridgehead atoms.